The number of hydrogen-bond donors (Lipinski definition) is 1. The molecule has 6 nitrogen and oxygen atoms in total. The van der Waals surface area contributed by atoms with E-state index in [0.29, 0.717) is 12.4 Å². The SMILES string of the molecule is CCCCc1ncc(/C=C(\Cc2ccc(C)s2)c2nn[nH]n2)n1Cc1ccccc1Cl. The van der Waals surface area contributed by atoms with Gasteiger partial charge in [0.1, 0.15) is 5.82 Å². The molecule has 0 saturated heterocycles. The van der Waals surface area contributed by atoms with E-state index in [2.05, 4.69) is 63.3 Å². The standard InChI is InChI=1S/C23H25ClN6S/c1-3-4-9-22-25-14-19(30(22)15-17-7-5-6-8-21(17)24)12-18(23-26-28-29-27-23)13-20-11-10-16(2)31-20/h5-8,10-12,14H,3-4,9,13,15H2,1-2H3,(H,26,27,28,29)/b18-12+. The van der Waals surface area contributed by atoms with Gasteiger partial charge in [0.05, 0.1) is 18.4 Å². The van der Waals surface area contributed by atoms with Gasteiger partial charge in [0.2, 0.25) is 5.82 Å². The number of tetrazole rings is 1. The maximum atomic E-state index is 6.47. The third-order valence-corrected chi connectivity index (χ3v) is 6.49. The predicted molar refractivity (Wildman–Crippen MR) is 126 cm³/mol. The van der Waals surface area contributed by atoms with E-state index in [1.165, 1.54) is 9.75 Å². The minimum atomic E-state index is 0.603. The van der Waals surface area contributed by atoms with Crippen LogP contribution in [0.5, 0.6) is 0 Å². The van der Waals surface area contributed by atoms with Crippen LogP contribution >= 0.6 is 22.9 Å². The molecular formula is C23H25ClN6S. The molecule has 1 N–H and O–H groups in total. The number of halogens is 1. The number of thiophene rings is 1. The van der Waals surface area contributed by atoms with Crippen LogP contribution in [-0.4, -0.2) is 30.2 Å². The number of aryl methyl sites for hydroxylation is 2. The van der Waals surface area contributed by atoms with Crippen molar-refractivity contribution in [1.82, 2.24) is 30.2 Å². The van der Waals surface area contributed by atoms with Gasteiger partial charge in [0.15, 0.2) is 0 Å². The summed E-state index contributed by atoms with van der Waals surface area (Å²) in [6, 6.07) is 12.3. The van der Waals surface area contributed by atoms with Crippen LogP contribution in [-0.2, 0) is 19.4 Å². The number of nitrogens with one attached hydrogen (secondary N) is 1. The number of imidazole rings is 1. The molecule has 4 rings (SSSR count). The maximum absolute atomic E-state index is 6.47. The number of hydrogen-bond acceptors (Lipinski definition) is 5. The average molecular weight is 453 g/mol. The first-order valence-corrected chi connectivity index (χ1v) is 11.6. The number of allylic oxidation sites excluding steroid dienone is 1. The van der Waals surface area contributed by atoms with Crippen molar-refractivity contribution in [3.63, 3.8) is 0 Å². The van der Waals surface area contributed by atoms with Crippen molar-refractivity contribution in [3.8, 4) is 0 Å². The second-order valence-electron chi connectivity index (χ2n) is 7.47. The van der Waals surface area contributed by atoms with Crippen molar-refractivity contribution in [2.45, 2.75) is 46.1 Å². The van der Waals surface area contributed by atoms with E-state index in [4.69, 9.17) is 16.6 Å². The summed E-state index contributed by atoms with van der Waals surface area (Å²) in [6.07, 6.45) is 7.93. The average Bonchev–Trinajstić information content (AvgIpc) is 3.51. The van der Waals surface area contributed by atoms with Crippen LogP contribution in [0, 0.1) is 6.92 Å². The number of aromatic nitrogens is 6. The van der Waals surface area contributed by atoms with Gasteiger partial charge < -0.3 is 4.57 Å². The molecule has 0 spiro atoms. The first kappa shape index (κ1) is 21.5. The summed E-state index contributed by atoms with van der Waals surface area (Å²) in [6.45, 7) is 4.98. The van der Waals surface area contributed by atoms with Gasteiger partial charge in [-0.05, 0) is 48.4 Å². The molecule has 160 valence electrons. The molecule has 3 heterocycles. The monoisotopic (exact) mass is 452 g/mol. The summed E-state index contributed by atoms with van der Waals surface area (Å²) in [5.41, 5.74) is 3.08. The topological polar surface area (TPSA) is 72.3 Å². The molecule has 0 atom stereocenters. The van der Waals surface area contributed by atoms with E-state index < -0.39 is 0 Å². The van der Waals surface area contributed by atoms with Crippen LogP contribution in [0.15, 0.2) is 42.6 Å². The molecule has 8 heteroatoms. The number of benzene rings is 1. The molecule has 0 unspecified atom stereocenters. The maximum Gasteiger partial charge on any atom is 0.201 e. The van der Waals surface area contributed by atoms with E-state index in [1.54, 1.807) is 11.3 Å². The predicted octanol–water partition coefficient (Wildman–Crippen LogP) is 5.59. The minimum absolute atomic E-state index is 0.603. The first-order valence-electron chi connectivity index (χ1n) is 10.4. The fraction of sp³-hybridized carbons (Fsp3) is 0.304. The van der Waals surface area contributed by atoms with Gasteiger partial charge in [-0.1, -0.05) is 43.1 Å². The molecule has 0 amide bonds. The van der Waals surface area contributed by atoms with Gasteiger partial charge in [-0.2, -0.15) is 5.21 Å². The third kappa shape index (κ3) is 5.29. The Balaban J connectivity index is 1.74. The third-order valence-electron chi connectivity index (χ3n) is 5.12. The molecule has 4 aromatic rings. The number of H-pyrrole nitrogens is 1. The van der Waals surface area contributed by atoms with Crippen LogP contribution in [0.25, 0.3) is 11.6 Å². The lowest BCUT2D eigenvalue weighted by Crippen LogP contribution is -2.08. The largest absolute Gasteiger partial charge is 0.324 e. The van der Waals surface area contributed by atoms with Crippen LogP contribution in [0.1, 0.15) is 52.4 Å². The highest BCUT2D eigenvalue weighted by Gasteiger charge is 2.15. The van der Waals surface area contributed by atoms with E-state index in [1.807, 2.05) is 24.4 Å². The molecule has 0 aliphatic rings. The van der Waals surface area contributed by atoms with Gasteiger partial charge in [-0.25, -0.2) is 4.98 Å². The van der Waals surface area contributed by atoms with Crippen LogP contribution < -0.4 is 0 Å². The quantitative estimate of drug-likeness (QED) is 0.359. The number of nitrogens with zero attached hydrogens (tertiary/aromatic N) is 5. The lowest BCUT2D eigenvalue weighted by atomic mass is 10.1. The van der Waals surface area contributed by atoms with E-state index in [9.17, 15) is 0 Å². The molecule has 3 aromatic heterocycles. The highest BCUT2D eigenvalue weighted by Crippen LogP contribution is 2.26. The molecule has 0 bridgehead atoms. The Kier molecular flexibility index (Phi) is 6.94. The normalized spacial score (nSPS) is 11.9. The Hall–Kier alpha value is -2.77. The Morgan fingerprint density at radius 2 is 2.10 bits per heavy atom. The minimum Gasteiger partial charge on any atom is -0.324 e. The Morgan fingerprint density at radius 3 is 2.81 bits per heavy atom. The number of unbranched alkanes of at least 4 members (excludes halogenated alkanes) is 1. The second kappa shape index (κ2) is 10.0. The smallest absolute Gasteiger partial charge is 0.201 e. The van der Waals surface area contributed by atoms with Gasteiger partial charge >= 0.3 is 0 Å². The van der Waals surface area contributed by atoms with Gasteiger partial charge in [0.25, 0.3) is 0 Å². The summed E-state index contributed by atoms with van der Waals surface area (Å²) in [4.78, 5) is 7.28. The van der Waals surface area contributed by atoms with Crippen molar-refractivity contribution >= 4 is 34.6 Å². The van der Waals surface area contributed by atoms with E-state index in [-0.39, 0.29) is 0 Å². The van der Waals surface area contributed by atoms with Crippen molar-refractivity contribution in [2.24, 2.45) is 0 Å². The van der Waals surface area contributed by atoms with Crippen LogP contribution in [0.2, 0.25) is 5.02 Å². The summed E-state index contributed by atoms with van der Waals surface area (Å²) >= 11 is 8.25. The van der Waals surface area contributed by atoms with E-state index >= 15 is 0 Å². The van der Waals surface area contributed by atoms with Crippen molar-refractivity contribution in [2.75, 3.05) is 0 Å². The Morgan fingerprint density at radius 1 is 1.23 bits per heavy atom. The Labute approximate surface area is 191 Å². The second-order valence-corrected chi connectivity index (χ2v) is 9.25. The van der Waals surface area contributed by atoms with Crippen molar-refractivity contribution in [1.29, 1.82) is 0 Å². The molecular weight excluding hydrogens is 428 g/mol. The van der Waals surface area contributed by atoms with Gasteiger partial charge in [-0.3, -0.25) is 0 Å². The van der Waals surface area contributed by atoms with Gasteiger partial charge in [-0.15, -0.1) is 21.5 Å². The molecule has 0 fully saturated rings. The summed E-state index contributed by atoms with van der Waals surface area (Å²) in [5.74, 6) is 1.67. The highest BCUT2D eigenvalue weighted by molar-refractivity contribution is 7.11. The molecule has 1 aromatic carbocycles. The van der Waals surface area contributed by atoms with Gasteiger partial charge in [0, 0.05) is 33.2 Å². The zero-order valence-electron chi connectivity index (χ0n) is 17.7. The molecule has 31 heavy (non-hydrogen) atoms. The highest BCUT2D eigenvalue weighted by atomic mass is 35.5. The summed E-state index contributed by atoms with van der Waals surface area (Å²) in [7, 11) is 0. The fourth-order valence-corrected chi connectivity index (χ4v) is 4.61. The number of aromatic amines is 1. The van der Waals surface area contributed by atoms with Crippen LogP contribution in [0.4, 0.5) is 0 Å². The van der Waals surface area contributed by atoms with Crippen molar-refractivity contribution in [3.05, 3.63) is 80.3 Å². The Bertz CT molecular complexity index is 1160. The lowest BCUT2D eigenvalue weighted by Gasteiger charge is -2.12. The van der Waals surface area contributed by atoms with Crippen LogP contribution in [0.3, 0.4) is 0 Å². The summed E-state index contributed by atoms with van der Waals surface area (Å²) < 4.78 is 2.25. The summed E-state index contributed by atoms with van der Waals surface area (Å²) in [5, 5.41) is 15.6. The molecule has 0 radical (unpaired) electrons. The molecule has 0 aliphatic heterocycles. The van der Waals surface area contributed by atoms with E-state index in [0.717, 1.165) is 53.4 Å². The van der Waals surface area contributed by atoms with Crippen molar-refractivity contribution < 1.29 is 0 Å². The molecule has 0 saturated carbocycles. The molecule has 0 aliphatic carbocycles. The zero-order valence-corrected chi connectivity index (χ0v) is 19.2. The lowest BCUT2D eigenvalue weighted by molar-refractivity contribution is 0.675. The first-order chi connectivity index (χ1) is 15.1. The zero-order chi connectivity index (χ0) is 21.6. The number of rotatable bonds is 9. The fourth-order valence-electron chi connectivity index (χ4n) is 3.50.